The smallest absolute Gasteiger partial charge is 0.318 e. The number of nitrogens with one attached hydrogen (secondary N) is 1. The third kappa shape index (κ3) is 3.99. The Morgan fingerprint density at radius 2 is 2.24 bits per heavy atom. The number of nitrogens with zero attached hydrogens (tertiary/aromatic N) is 2. The number of benzene rings is 1. The van der Waals surface area contributed by atoms with Crippen molar-refractivity contribution >= 4 is 35.3 Å². The molecule has 1 heterocycles. The van der Waals surface area contributed by atoms with Crippen molar-refractivity contribution < 1.29 is 9.59 Å². The van der Waals surface area contributed by atoms with Gasteiger partial charge in [0.15, 0.2) is 5.16 Å². The highest BCUT2D eigenvalue weighted by Crippen LogP contribution is 2.25. The zero-order chi connectivity index (χ0) is 15.4. The van der Waals surface area contributed by atoms with Crippen LogP contribution in [0.2, 0.25) is 5.02 Å². The van der Waals surface area contributed by atoms with Gasteiger partial charge in [0.05, 0.1) is 5.25 Å². The first-order valence-corrected chi connectivity index (χ1v) is 7.29. The summed E-state index contributed by atoms with van der Waals surface area (Å²) >= 11 is 7.19. The standard InChI is InChI=1S/C13H13ClN4O2S/c1-8(11(19)17-12(15)20)21-13-16-5-6-18(13)10-4-2-3-9(14)7-10/h2-8H,1H3,(H3,15,17,19,20)/t8-/m1/s1. The van der Waals surface area contributed by atoms with E-state index in [0.717, 1.165) is 5.69 Å². The van der Waals surface area contributed by atoms with Crippen molar-refractivity contribution in [3.63, 3.8) is 0 Å². The van der Waals surface area contributed by atoms with E-state index in [0.29, 0.717) is 10.2 Å². The van der Waals surface area contributed by atoms with E-state index in [4.69, 9.17) is 17.3 Å². The van der Waals surface area contributed by atoms with Gasteiger partial charge in [-0.1, -0.05) is 29.4 Å². The van der Waals surface area contributed by atoms with Crippen molar-refractivity contribution in [2.45, 2.75) is 17.3 Å². The number of halogens is 1. The van der Waals surface area contributed by atoms with Crippen molar-refractivity contribution in [2.24, 2.45) is 5.73 Å². The molecule has 0 aliphatic rings. The molecular weight excluding hydrogens is 312 g/mol. The first kappa shape index (κ1) is 15.4. The molecule has 8 heteroatoms. The maximum Gasteiger partial charge on any atom is 0.318 e. The fourth-order valence-corrected chi connectivity index (χ4v) is 2.70. The third-order valence-corrected chi connectivity index (χ3v) is 3.91. The Kier molecular flexibility index (Phi) is 4.87. The van der Waals surface area contributed by atoms with Crippen LogP contribution in [-0.2, 0) is 4.79 Å². The minimum Gasteiger partial charge on any atom is -0.351 e. The maximum absolute atomic E-state index is 11.7. The minimum atomic E-state index is -0.870. The second kappa shape index (κ2) is 6.64. The molecule has 0 saturated carbocycles. The van der Waals surface area contributed by atoms with Gasteiger partial charge in [-0.25, -0.2) is 9.78 Å². The Morgan fingerprint density at radius 1 is 1.48 bits per heavy atom. The van der Waals surface area contributed by atoms with Gasteiger partial charge < -0.3 is 5.73 Å². The van der Waals surface area contributed by atoms with Gasteiger partial charge in [-0.2, -0.15) is 0 Å². The van der Waals surface area contributed by atoms with E-state index in [9.17, 15) is 9.59 Å². The fourth-order valence-electron chi connectivity index (χ4n) is 1.63. The van der Waals surface area contributed by atoms with Crippen molar-refractivity contribution in [1.82, 2.24) is 14.9 Å². The van der Waals surface area contributed by atoms with Crippen LogP contribution in [0.4, 0.5) is 4.79 Å². The van der Waals surface area contributed by atoms with E-state index >= 15 is 0 Å². The molecule has 0 unspecified atom stereocenters. The molecule has 0 bridgehead atoms. The van der Waals surface area contributed by atoms with Crippen LogP contribution in [0.3, 0.4) is 0 Å². The minimum absolute atomic E-state index is 0.465. The molecule has 0 aliphatic heterocycles. The van der Waals surface area contributed by atoms with E-state index in [1.54, 1.807) is 31.5 Å². The Hall–Kier alpha value is -1.99. The van der Waals surface area contributed by atoms with Gasteiger partial charge in [0.25, 0.3) is 0 Å². The van der Waals surface area contributed by atoms with Crippen LogP contribution in [0.5, 0.6) is 0 Å². The molecular formula is C13H13ClN4O2S. The zero-order valence-electron chi connectivity index (χ0n) is 11.1. The molecule has 21 heavy (non-hydrogen) atoms. The topological polar surface area (TPSA) is 90.0 Å². The lowest BCUT2D eigenvalue weighted by atomic mass is 10.3. The Labute approximate surface area is 130 Å². The average molecular weight is 325 g/mol. The molecule has 0 spiro atoms. The highest BCUT2D eigenvalue weighted by atomic mass is 35.5. The lowest BCUT2D eigenvalue weighted by Crippen LogP contribution is -2.39. The predicted octanol–water partition coefficient (Wildman–Crippen LogP) is 2.20. The first-order valence-electron chi connectivity index (χ1n) is 6.03. The van der Waals surface area contributed by atoms with Crippen molar-refractivity contribution in [3.05, 3.63) is 41.7 Å². The molecule has 2 aromatic rings. The Morgan fingerprint density at radius 3 is 2.90 bits per heavy atom. The van der Waals surface area contributed by atoms with Crippen LogP contribution >= 0.6 is 23.4 Å². The summed E-state index contributed by atoms with van der Waals surface area (Å²) in [6.07, 6.45) is 3.40. The van der Waals surface area contributed by atoms with Gasteiger partial charge in [0, 0.05) is 23.1 Å². The molecule has 0 radical (unpaired) electrons. The van der Waals surface area contributed by atoms with Gasteiger partial charge in [-0.15, -0.1) is 0 Å². The van der Waals surface area contributed by atoms with Crippen LogP contribution < -0.4 is 11.1 Å². The van der Waals surface area contributed by atoms with Crippen molar-refractivity contribution in [2.75, 3.05) is 0 Å². The summed E-state index contributed by atoms with van der Waals surface area (Å²) in [5.41, 5.74) is 5.76. The number of rotatable bonds is 4. The molecule has 2 rings (SSSR count). The number of hydrogen-bond donors (Lipinski definition) is 2. The van der Waals surface area contributed by atoms with Gasteiger partial charge in [0.2, 0.25) is 5.91 Å². The summed E-state index contributed by atoms with van der Waals surface area (Å²) < 4.78 is 1.81. The molecule has 3 amide bonds. The number of primary amides is 1. The summed E-state index contributed by atoms with van der Waals surface area (Å²) in [6, 6.07) is 6.41. The number of urea groups is 1. The molecule has 3 N–H and O–H groups in total. The Balaban J connectivity index is 2.17. The lowest BCUT2D eigenvalue weighted by molar-refractivity contribution is -0.119. The summed E-state index contributed by atoms with van der Waals surface area (Å²) in [5.74, 6) is -0.465. The molecule has 0 aliphatic carbocycles. The van der Waals surface area contributed by atoms with E-state index in [1.165, 1.54) is 11.8 Å². The average Bonchev–Trinajstić information content (AvgIpc) is 2.86. The summed E-state index contributed by atoms with van der Waals surface area (Å²) in [6.45, 7) is 1.67. The van der Waals surface area contributed by atoms with Crippen LogP contribution in [0.25, 0.3) is 5.69 Å². The van der Waals surface area contributed by atoms with E-state index < -0.39 is 17.2 Å². The molecule has 1 atom stereocenters. The summed E-state index contributed by atoms with van der Waals surface area (Å²) in [7, 11) is 0. The van der Waals surface area contributed by atoms with Crippen molar-refractivity contribution in [3.8, 4) is 5.69 Å². The van der Waals surface area contributed by atoms with E-state index in [1.807, 2.05) is 22.0 Å². The number of imide groups is 1. The van der Waals surface area contributed by atoms with Crippen LogP contribution in [-0.4, -0.2) is 26.7 Å². The maximum atomic E-state index is 11.7. The van der Waals surface area contributed by atoms with Crippen LogP contribution in [0.15, 0.2) is 41.8 Å². The van der Waals surface area contributed by atoms with E-state index in [-0.39, 0.29) is 0 Å². The number of carbonyl (C=O) groups excluding carboxylic acids is 2. The third-order valence-electron chi connectivity index (χ3n) is 2.59. The summed E-state index contributed by atoms with van der Waals surface area (Å²) in [5, 5.41) is 2.75. The monoisotopic (exact) mass is 324 g/mol. The molecule has 0 saturated heterocycles. The van der Waals surface area contributed by atoms with Crippen molar-refractivity contribution in [1.29, 1.82) is 0 Å². The number of imidazole rings is 1. The number of carbonyl (C=O) groups is 2. The molecule has 0 fully saturated rings. The highest BCUT2D eigenvalue weighted by molar-refractivity contribution is 8.00. The molecule has 1 aromatic carbocycles. The Bertz CT molecular complexity index is 674. The molecule has 110 valence electrons. The number of thioether (sulfide) groups is 1. The van der Waals surface area contributed by atoms with Gasteiger partial charge in [-0.3, -0.25) is 14.7 Å². The van der Waals surface area contributed by atoms with Gasteiger partial charge in [0.1, 0.15) is 0 Å². The number of aromatic nitrogens is 2. The largest absolute Gasteiger partial charge is 0.351 e. The highest BCUT2D eigenvalue weighted by Gasteiger charge is 2.18. The van der Waals surface area contributed by atoms with Crippen LogP contribution in [0, 0.1) is 0 Å². The first-order chi connectivity index (χ1) is 9.97. The predicted molar refractivity (Wildman–Crippen MR) is 81.6 cm³/mol. The van der Waals surface area contributed by atoms with Crippen LogP contribution in [0.1, 0.15) is 6.92 Å². The second-order valence-electron chi connectivity index (χ2n) is 4.17. The molecule has 6 nitrogen and oxygen atoms in total. The number of hydrogen-bond acceptors (Lipinski definition) is 4. The number of nitrogens with two attached hydrogens (primary N) is 1. The SMILES string of the molecule is C[C@@H](Sc1nccn1-c1cccc(Cl)c1)C(=O)NC(N)=O. The summed E-state index contributed by atoms with van der Waals surface area (Å²) in [4.78, 5) is 26.6. The molecule has 1 aromatic heterocycles. The van der Waals surface area contributed by atoms with Gasteiger partial charge in [-0.05, 0) is 25.1 Å². The zero-order valence-corrected chi connectivity index (χ0v) is 12.7. The lowest BCUT2D eigenvalue weighted by Gasteiger charge is -2.12. The second-order valence-corrected chi connectivity index (χ2v) is 5.92. The van der Waals surface area contributed by atoms with E-state index in [2.05, 4.69) is 4.98 Å². The normalized spacial score (nSPS) is 11.9. The quantitative estimate of drug-likeness (QED) is 0.844. The fraction of sp³-hybridized carbons (Fsp3) is 0.154. The number of amides is 3. The van der Waals surface area contributed by atoms with Gasteiger partial charge >= 0.3 is 6.03 Å².